The maximum Gasteiger partial charge on any atom is 0.227 e. The van der Waals surface area contributed by atoms with Crippen LogP contribution in [0.4, 0.5) is 0 Å². The van der Waals surface area contributed by atoms with Gasteiger partial charge in [0.05, 0.1) is 11.4 Å². The molecule has 2 heterocycles. The number of aromatic nitrogens is 3. The van der Waals surface area contributed by atoms with Crippen molar-refractivity contribution in [2.24, 2.45) is 0 Å². The third-order valence-corrected chi connectivity index (χ3v) is 7.95. The summed E-state index contributed by atoms with van der Waals surface area (Å²) in [5, 5.41) is 0. The van der Waals surface area contributed by atoms with Gasteiger partial charge in [-0.2, -0.15) is 0 Å². The Hall–Kier alpha value is -6.13. The van der Waals surface area contributed by atoms with Crippen molar-refractivity contribution in [1.29, 1.82) is 0 Å². The summed E-state index contributed by atoms with van der Waals surface area (Å²) in [7, 11) is 0. The van der Waals surface area contributed by atoms with Gasteiger partial charge in [0.2, 0.25) is 5.89 Å². The molecule has 2 aromatic heterocycles. The monoisotopic (exact) mass is 577 g/mol. The molecule has 0 aliphatic carbocycles. The molecule has 212 valence electrons. The topological polar surface area (TPSA) is 51.8 Å². The molecule has 0 aliphatic heterocycles. The van der Waals surface area contributed by atoms with Crippen molar-refractivity contribution < 1.29 is 4.42 Å². The smallest absolute Gasteiger partial charge is 0.227 e. The summed E-state index contributed by atoms with van der Waals surface area (Å²) < 4.78 is 6.05. The summed E-state index contributed by atoms with van der Waals surface area (Å²) in [6.07, 6.45) is 0. The fourth-order valence-corrected chi connectivity index (χ4v) is 5.59. The molecule has 0 saturated heterocycles. The fraction of sp³-hybridized carbons (Fsp3) is 0. The van der Waals surface area contributed by atoms with E-state index in [0.717, 1.165) is 55.9 Å². The predicted molar refractivity (Wildman–Crippen MR) is 182 cm³/mol. The zero-order valence-corrected chi connectivity index (χ0v) is 24.3. The first-order valence-corrected chi connectivity index (χ1v) is 14.9. The van der Waals surface area contributed by atoms with E-state index in [4.69, 9.17) is 19.4 Å². The van der Waals surface area contributed by atoms with E-state index < -0.39 is 0 Å². The van der Waals surface area contributed by atoms with Gasteiger partial charge in [-0.3, -0.25) is 0 Å². The molecule has 0 N–H and O–H groups in total. The molecule has 0 bridgehead atoms. The summed E-state index contributed by atoms with van der Waals surface area (Å²) in [6.45, 7) is 0. The molecule has 0 fully saturated rings. The second kappa shape index (κ2) is 11.5. The third-order valence-electron chi connectivity index (χ3n) is 7.95. The van der Waals surface area contributed by atoms with Crippen LogP contribution in [0.3, 0.4) is 0 Å². The highest BCUT2D eigenvalue weighted by atomic mass is 16.3. The number of nitrogens with zero attached hydrogens (tertiary/aromatic N) is 3. The molecule has 0 unspecified atom stereocenters. The Morgan fingerprint density at radius 2 is 0.844 bits per heavy atom. The Kier molecular flexibility index (Phi) is 6.78. The molecule has 4 heteroatoms. The third kappa shape index (κ3) is 5.41. The van der Waals surface area contributed by atoms with Gasteiger partial charge >= 0.3 is 0 Å². The molecule has 0 aliphatic rings. The first kappa shape index (κ1) is 26.5. The van der Waals surface area contributed by atoms with Crippen LogP contribution in [0.25, 0.3) is 78.7 Å². The van der Waals surface area contributed by atoms with Crippen molar-refractivity contribution in [3.05, 3.63) is 164 Å². The molecule has 4 nitrogen and oxygen atoms in total. The normalized spacial score (nSPS) is 11.1. The maximum atomic E-state index is 6.05. The molecule has 0 spiro atoms. The molecular formula is C41H27N3O. The van der Waals surface area contributed by atoms with Gasteiger partial charge < -0.3 is 4.42 Å². The van der Waals surface area contributed by atoms with Gasteiger partial charge in [-0.15, -0.1) is 0 Å². The summed E-state index contributed by atoms with van der Waals surface area (Å²) in [4.78, 5) is 14.8. The SMILES string of the molecule is c1ccc(-c2ccc(-c3cc(-c4cccc(-c5ccc6oc(-c7ccccc7)nc6c5)c4)nc(-c4ccccc4)n3)cc2)cc1. The van der Waals surface area contributed by atoms with Crippen molar-refractivity contribution in [1.82, 2.24) is 15.0 Å². The lowest BCUT2D eigenvalue weighted by Crippen LogP contribution is -1.96. The molecule has 0 saturated carbocycles. The largest absolute Gasteiger partial charge is 0.436 e. The molecule has 8 aromatic rings. The summed E-state index contributed by atoms with van der Waals surface area (Å²) >= 11 is 0. The van der Waals surface area contributed by atoms with Gasteiger partial charge in [-0.1, -0.05) is 127 Å². The lowest BCUT2D eigenvalue weighted by molar-refractivity contribution is 0.620. The van der Waals surface area contributed by atoms with Gasteiger partial charge in [0.25, 0.3) is 0 Å². The fourth-order valence-electron chi connectivity index (χ4n) is 5.59. The summed E-state index contributed by atoms with van der Waals surface area (Å²) in [5.74, 6) is 1.31. The average Bonchev–Trinajstić information content (AvgIpc) is 3.57. The van der Waals surface area contributed by atoms with Crippen molar-refractivity contribution in [2.45, 2.75) is 0 Å². The number of hydrogen-bond acceptors (Lipinski definition) is 4. The number of hydrogen-bond donors (Lipinski definition) is 0. The highest BCUT2D eigenvalue weighted by Crippen LogP contribution is 2.33. The number of rotatable bonds is 6. The number of oxazole rings is 1. The first-order valence-electron chi connectivity index (χ1n) is 14.9. The van der Waals surface area contributed by atoms with Crippen LogP contribution in [-0.4, -0.2) is 15.0 Å². The van der Waals surface area contributed by atoms with Gasteiger partial charge in [0.1, 0.15) is 5.52 Å². The quantitative estimate of drug-likeness (QED) is 0.197. The summed E-state index contributed by atoms with van der Waals surface area (Å²) in [6, 6.07) is 55.8. The lowest BCUT2D eigenvalue weighted by Gasteiger charge is -2.11. The van der Waals surface area contributed by atoms with Crippen molar-refractivity contribution in [3.8, 4) is 67.6 Å². The second-order valence-corrected chi connectivity index (χ2v) is 10.9. The minimum Gasteiger partial charge on any atom is -0.436 e. The Morgan fingerprint density at radius 3 is 1.56 bits per heavy atom. The standard InChI is InChI=1S/C41H27N3O/c1-4-11-28(12-5-1)29-19-21-30(22-20-29)36-27-37(43-40(42-36)31-13-6-2-7-14-31)35-18-10-17-33(25-35)34-23-24-39-38(26-34)44-41(45-39)32-15-8-3-9-16-32/h1-27H. The molecule has 0 atom stereocenters. The van der Waals surface area contributed by atoms with E-state index in [1.165, 1.54) is 11.1 Å². The molecule has 6 aromatic carbocycles. The minimum atomic E-state index is 0.621. The van der Waals surface area contributed by atoms with Crippen molar-refractivity contribution >= 4 is 11.1 Å². The van der Waals surface area contributed by atoms with E-state index >= 15 is 0 Å². The molecule has 8 rings (SSSR count). The average molecular weight is 578 g/mol. The van der Waals surface area contributed by atoms with Gasteiger partial charge in [-0.25, -0.2) is 15.0 Å². The van der Waals surface area contributed by atoms with Gasteiger partial charge in [0, 0.05) is 22.3 Å². The van der Waals surface area contributed by atoms with Crippen LogP contribution in [-0.2, 0) is 0 Å². The Bertz CT molecular complexity index is 2240. The van der Waals surface area contributed by atoms with Crippen LogP contribution >= 0.6 is 0 Å². The van der Waals surface area contributed by atoms with E-state index in [9.17, 15) is 0 Å². The van der Waals surface area contributed by atoms with Gasteiger partial charge in [-0.05, 0) is 58.7 Å². The van der Waals surface area contributed by atoms with E-state index in [2.05, 4.69) is 103 Å². The van der Waals surface area contributed by atoms with Crippen LogP contribution < -0.4 is 0 Å². The lowest BCUT2D eigenvalue weighted by atomic mass is 9.99. The van der Waals surface area contributed by atoms with Crippen molar-refractivity contribution in [3.63, 3.8) is 0 Å². The number of benzene rings is 6. The summed E-state index contributed by atoms with van der Waals surface area (Å²) in [5.41, 5.74) is 11.8. The Balaban J connectivity index is 1.18. The highest BCUT2D eigenvalue weighted by Gasteiger charge is 2.13. The van der Waals surface area contributed by atoms with E-state index in [1.54, 1.807) is 0 Å². The molecule has 45 heavy (non-hydrogen) atoms. The molecule has 0 radical (unpaired) electrons. The van der Waals surface area contributed by atoms with Crippen LogP contribution in [0.2, 0.25) is 0 Å². The Labute approximate surface area is 261 Å². The van der Waals surface area contributed by atoms with Crippen LogP contribution in [0, 0.1) is 0 Å². The van der Waals surface area contributed by atoms with E-state index in [0.29, 0.717) is 11.7 Å². The zero-order valence-electron chi connectivity index (χ0n) is 24.3. The zero-order chi connectivity index (χ0) is 30.0. The minimum absolute atomic E-state index is 0.621. The Morgan fingerprint density at radius 1 is 0.333 bits per heavy atom. The molecule has 0 amide bonds. The van der Waals surface area contributed by atoms with E-state index in [-0.39, 0.29) is 0 Å². The van der Waals surface area contributed by atoms with Gasteiger partial charge in [0.15, 0.2) is 11.4 Å². The maximum absolute atomic E-state index is 6.05. The van der Waals surface area contributed by atoms with Crippen LogP contribution in [0.15, 0.2) is 168 Å². The van der Waals surface area contributed by atoms with Crippen LogP contribution in [0.5, 0.6) is 0 Å². The van der Waals surface area contributed by atoms with E-state index in [1.807, 2.05) is 60.7 Å². The molecular weight excluding hydrogens is 550 g/mol. The highest BCUT2D eigenvalue weighted by molar-refractivity contribution is 5.84. The predicted octanol–water partition coefficient (Wildman–Crippen LogP) is 10.6. The van der Waals surface area contributed by atoms with Crippen LogP contribution in [0.1, 0.15) is 0 Å². The number of fused-ring (bicyclic) bond motifs is 1. The first-order chi connectivity index (χ1) is 22.3. The second-order valence-electron chi connectivity index (χ2n) is 10.9. The van der Waals surface area contributed by atoms with Crippen molar-refractivity contribution in [2.75, 3.05) is 0 Å².